The van der Waals surface area contributed by atoms with Crippen LogP contribution in [0.3, 0.4) is 0 Å². The van der Waals surface area contributed by atoms with Gasteiger partial charge in [-0.15, -0.1) is 0 Å². The van der Waals surface area contributed by atoms with E-state index in [2.05, 4.69) is 20.9 Å². The number of halogens is 2. The summed E-state index contributed by atoms with van der Waals surface area (Å²) in [5.41, 5.74) is 2.54. The van der Waals surface area contributed by atoms with E-state index in [9.17, 15) is 4.79 Å². The van der Waals surface area contributed by atoms with Crippen LogP contribution in [0.15, 0.2) is 41.1 Å². The average molecular weight is 325 g/mol. The van der Waals surface area contributed by atoms with Gasteiger partial charge >= 0.3 is 0 Å². The van der Waals surface area contributed by atoms with Gasteiger partial charge in [-0.25, -0.2) is 0 Å². The lowest BCUT2D eigenvalue weighted by Gasteiger charge is -2.06. The summed E-state index contributed by atoms with van der Waals surface area (Å²) in [6.07, 6.45) is 3.47. The Bertz CT molecular complexity index is 598. The monoisotopic (exact) mass is 323 g/mol. The zero-order valence-electron chi connectivity index (χ0n) is 9.78. The quantitative estimate of drug-likeness (QED) is 0.791. The van der Waals surface area contributed by atoms with Crippen LogP contribution in [0.5, 0.6) is 0 Å². The summed E-state index contributed by atoms with van der Waals surface area (Å²) >= 11 is 9.40. The third-order valence-electron chi connectivity index (χ3n) is 2.63. The van der Waals surface area contributed by atoms with Crippen LogP contribution in [0.2, 0.25) is 5.02 Å². The molecule has 4 heteroatoms. The molecule has 1 aromatic carbocycles. The number of pyridine rings is 1. The number of benzene rings is 1. The summed E-state index contributed by atoms with van der Waals surface area (Å²) in [5.74, 6) is 0.0404. The number of aromatic nitrogens is 1. The maximum absolute atomic E-state index is 12.2. The molecule has 0 aliphatic carbocycles. The van der Waals surface area contributed by atoms with Crippen LogP contribution in [-0.2, 0) is 6.42 Å². The lowest BCUT2D eigenvalue weighted by atomic mass is 10.0. The second-order valence-corrected chi connectivity index (χ2v) is 5.31. The average Bonchev–Trinajstić information content (AvgIpc) is 2.35. The first-order valence-corrected chi connectivity index (χ1v) is 6.63. The molecule has 0 unspecified atom stereocenters. The predicted molar refractivity (Wildman–Crippen MR) is 76.2 cm³/mol. The number of nitrogens with zero attached hydrogens (tertiary/aromatic N) is 1. The highest BCUT2D eigenvalue weighted by Gasteiger charge is 2.12. The molecular weight excluding hydrogens is 314 g/mol. The zero-order valence-corrected chi connectivity index (χ0v) is 12.1. The zero-order chi connectivity index (χ0) is 13.1. The first-order valence-electron chi connectivity index (χ1n) is 5.45. The molecule has 0 atom stereocenters. The van der Waals surface area contributed by atoms with E-state index in [1.165, 1.54) is 0 Å². The summed E-state index contributed by atoms with van der Waals surface area (Å²) in [6, 6.07) is 7.49. The van der Waals surface area contributed by atoms with Crippen LogP contribution < -0.4 is 0 Å². The number of carbonyl (C=O) groups is 1. The molecule has 0 saturated heterocycles. The number of carbonyl (C=O) groups excluding carboxylic acids is 1. The Labute approximate surface area is 119 Å². The van der Waals surface area contributed by atoms with E-state index < -0.39 is 0 Å². The SMILES string of the molecule is Cc1ccc(Br)c(C(=O)Cc2ccncc2Cl)c1. The minimum Gasteiger partial charge on any atom is -0.294 e. The van der Waals surface area contributed by atoms with Crippen molar-refractivity contribution in [1.29, 1.82) is 0 Å². The normalized spacial score (nSPS) is 10.4. The molecule has 0 radical (unpaired) electrons. The van der Waals surface area contributed by atoms with Crippen molar-refractivity contribution in [3.05, 3.63) is 62.8 Å². The largest absolute Gasteiger partial charge is 0.294 e. The van der Waals surface area contributed by atoms with E-state index in [4.69, 9.17) is 11.6 Å². The molecule has 2 nitrogen and oxygen atoms in total. The van der Waals surface area contributed by atoms with Crippen LogP contribution in [0.25, 0.3) is 0 Å². The highest BCUT2D eigenvalue weighted by Crippen LogP contribution is 2.22. The topological polar surface area (TPSA) is 30.0 Å². The summed E-state index contributed by atoms with van der Waals surface area (Å²) < 4.78 is 0.809. The summed E-state index contributed by atoms with van der Waals surface area (Å²) in [4.78, 5) is 16.1. The fourth-order valence-electron chi connectivity index (χ4n) is 1.67. The van der Waals surface area contributed by atoms with Gasteiger partial charge in [0.2, 0.25) is 0 Å². The lowest BCUT2D eigenvalue weighted by Crippen LogP contribution is -2.05. The molecule has 2 rings (SSSR count). The van der Waals surface area contributed by atoms with Gasteiger partial charge < -0.3 is 0 Å². The van der Waals surface area contributed by atoms with Crippen molar-refractivity contribution in [1.82, 2.24) is 4.98 Å². The smallest absolute Gasteiger partial charge is 0.168 e. The molecule has 1 heterocycles. The van der Waals surface area contributed by atoms with Crippen molar-refractivity contribution in [3.63, 3.8) is 0 Å². The van der Waals surface area contributed by atoms with E-state index in [1.807, 2.05) is 25.1 Å². The van der Waals surface area contributed by atoms with Crippen LogP contribution in [0.4, 0.5) is 0 Å². The molecule has 0 N–H and O–H groups in total. The third-order valence-corrected chi connectivity index (χ3v) is 3.66. The lowest BCUT2D eigenvalue weighted by molar-refractivity contribution is 0.0992. The van der Waals surface area contributed by atoms with Crippen LogP contribution >= 0.6 is 27.5 Å². The molecule has 92 valence electrons. The highest BCUT2D eigenvalue weighted by molar-refractivity contribution is 9.10. The van der Waals surface area contributed by atoms with Gasteiger partial charge in [0.1, 0.15) is 0 Å². The van der Waals surface area contributed by atoms with Crippen molar-refractivity contribution in [2.45, 2.75) is 13.3 Å². The Morgan fingerprint density at radius 1 is 1.39 bits per heavy atom. The van der Waals surface area contributed by atoms with Crippen molar-refractivity contribution in [2.24, 2.45) is 0 Å². The summed E-state index contributed by atoms with van der Waals surface area (Å²) in [6.45, 7) is 1.96. The van der Waals surface area contributed by atoms with E-state index in [0.29, 0.717) is 10.6 Å². The van der Waals surface area contributed by atoms with Gasteiger partial charge in [0.05, 0.1) is 5.02 Å². The summed E-state index contributed by atoms with van der Waals surface area (Å²) in [5, 5.41) is 0.523. The van der Waals surface area contributed by atoms with Gasteiger partial charge in [-0.05, 0) is 30.7 Å². The second kappa shape index (κ2) is 5.63. The van der Waals surface area contributed by atoms with E-state index in [0.717, 1.165) is 15.6 Å². The van der Waals surface area contributed by atoms with Gasteiger partial charge in [0.25, 0.3) is 0 Å². The van der Waals surface area contributed by atoms with Crippen molar-refractivity contribution >= 4 is 33.3 Å². The van der Waals surface area contributed by atoms with Crippen molar-refractivity contribution in [3.8, 4) is 0 Å². The maximum Gasteiger partial charge on any atom is 0.168 e. The molecule has 1 aromatic heterocycles. The number of rotatable bonds is 3. The molecule has 2 aromatic rings. The number of aryl methyl sites for hydroxylation is 1. The molecule has 0 spiro atoms. The van der Waals surface area contributed by atoms with E-state index >= 15 is 0 Å². The Morgan fingerprint density at radius 2 is 2.17 bits per heavy atom. The molecule has 0 fully saturated rings. The highest BCUT2D eigenvalue weighted by atomic mass is 79.9. The molecule has 0 aliphatic rings. The van der Waals surface area contributed by atoms with Crippen LogP contribution in [0.1, 0.15) is 21.5 Å². The second-order valence-electron chi connectivity index (χ2n) is 4.05. The molecule has 18 heavy (non-hydrogen) atoms. The van der Waals surface area contributed by atoms with Gasteiger partial charge in [-0.1, -0.05) is 39.2 Å². The fourth-order valence-corrected chi connectivity index (χ4v) is 2.32. The van der Waals surface area contributed by atoms with Gasteiger partial charge in [0.15, 0.2) is 5.78 Å². The Balaban J connectivity index is 2.28. The predicted octanol–water partition coefficient (Wildman–Crippen LogP) is 4.23. The standard InChI is InChI=1S/C14H11BrClNO/c1-9-2-3-12(15)11(6-9)14(18)7-10-4-5-17-8-13(10)16/h2-6,8H,7H2,1H3. The van der Waals surface area contributed by atoms with Gasteiger partial charge in [-0.2, -0.15) is 0 Å². The Morgan fingerprint density at radius 3 is 2.89 bits per heavy atom. The number of hydrogen-bond acceptors (Lipinski definition) is 2. The minimum atomic E-state index is 0.0404. The first kappa shape index (κ1) is 13.2. The summed E-state index contributed by atoms with van der Waals surface area (Å²) in [7, 11) is 0. The molecule has 0 amide bonds. The van der Waals surface area contributed by atoms with Gasteiger partial charge in [0, 0.05) is 28.9 Å². The number of hydrogen-bond donors (Lipinski definition) is 0. The third kappa shape index (κ3) is 2.98. The van der Waals surface area contributed by atoms with Crippen molar-refractivity contribution in [2.75, 3.05) is 0 Å². The maximum atomic E-state index is 12.2. The molecule has 0 saturated carbocycles. The Kier molecular flexibility index (Phi) is 4.15. The van der Waals surface area contributed by atoms with Crippen molar-refractivity contribution < 1.29 is 4.79 Å². The number of Topliss-reactive ketones (excluding diaryl/α,β-unsaturated/α-hetero) is 1. The van der Waals surface area contributed by atoms with Crippen LogP contribution in [-0.4, -0.2) is 10.8 Å². The first-order chi connectivity index (χ1) is 8.58. The van der Waals surface area contributed by atoms with E-state index in [1.54, 1.807) is 18.5 Å². The fraction of sp³-hybridized carbons (Fsp3) is 0.143. The Hall–Kier alpha value is -1.19. The minimum absolute atomic E-state index is 0.0404. The molecule has 0 bridgehead atoms. The van der Waals surface area contributed by atoms with Gasteiger partial charge in [-0.3, -0.25) is 9.78 Å². The molecule has 0 aliphatic heterocycles. The molecular formula is C14H11BrClNO. The number of ketones is 1. The van der Waals surface area contributed by atoms with E-state index in [-0.39, 0.29) is 12.2 Å². The van der Waals surface area contributed by atoms with Crippen LogP contribution in [0, 0.1) is 6.92 Å².